The van der Waals surface area contributed by atoms with Crippen molar-refractivity contribution in [3.05, 3.63) is 54.1 Å². The van der Waals surface area contributed by atoms with E-state index in [1.807, 2.05) is 24.3 Å². The average Bonchev–Trinajstić information content (AvgIpc) is 3.26. The van der Waals surface area contributed by atoms with E-state index in [-0.39, 0.29) is 6.42 Å². The monoisotopic (exact) mass is 493 g/mol. The Morgan fingerprint density at radius 2 is 1.50 bits per heavy atom. The quantitative estimate of drug-likeness (QED) is 0.316. The van der Waals surface area contributed by atoms with Crippen LogP contribution in [0.5, 0.6) is 23.0 Å². The van der Waals surface area contributed by atoms with Gasteiger partial charge in [-0.3, -0.25) is 9.59 Å². The van der Waals surface area contributed by atoms with Crippen LogP contribution in [-0.4, -0.2) is 46.9 Å². The van der Waals surface area contributed by atoms with Crippen LogP contribution >= 0.6 is 0 Å². The van der Waals surface area contributed by atoms with Crippen molar-refractivity contribution >= 4 is 39.5 Å². The molecule has 1 heterocycles. The molecule has 188 valence electrons. The number of carbonyl (C=O) groups is 2. The highest BCUT2D eigenvalue weighted by molar-refractivity contribution is 6.07. The van der Waals surface area contributed by atoms with Gasteiger partial charge in [0.25, 0.3) is 5.91 Å². The highest BCUT2D eigenvalue weighted by Gasteiger charge is 2.17. The third kappa shape index (κ3) is 5.14. The van der Waals surface area contributed by atoms with E-state index >= 15 is 0 Å². The summed E-state index contributed by atoms with van der Waals surface area (Å²) >= 11 is 0. The van der Waals surface area contributed by atoms with Gasteiger partial charge in [0.1, 0.15) is 16.9 Å². The van der Waals surface area contributed by atoms with Gasteiger partial charge in [-0.1, -0.05) is 18.2 Å². The summed E-state index contributed by atoms with van der Waals surface area (Å²) in [5.41, 5.74) is 2.56. The smallest absolute Gasteiger partial charge is 0.306 e. The number of benzene rings is 3. The highest BCUT2D eigenvalue weighted by Crippen LogP contribution is 2.39. The molecule has 0 spiro atoms. The number of anilines is 1. The zero-order chi connectivity index (χ0) is 25.7. The molecule has 36 heavy (non-hydrogen) atoms. The van der Waals surface area contributed by atoms with Crippen LogP contribution in [0.25, 0.3) is 21.9 Å². The molecular weight excluding hydrogens is 466 g/mol. The molecule has 0 aliphatic rings. The lowest BCUT2D eigenvalue weighted by Crippen LogP contribution is -2.21. The van der Waals surface area contributed by atoms with Crippen LogP contribution in [0.4, 0.5) is 5.69 Å². The maximum absolute atomic E-state index is 12.5. The van der Waals surface area contributed by atoms with E-state index < -0.39 is 18.5 Å². The fourth-order valence-electron chi connectivity index (χ4n) is 3.95. The molecule has 0 aliphatic carbocycles. The molecule has 0 unspecified atom stereocenters. The number of esters is 1. The summed E-state index contributed by atoms with van der Waals surface area (Å²) in [4.78, 5) is 24.8. The van der Waals surface area contributed by atoms with Gasteiger partial charge in [0, 0.05) is 23.3 Å². The Hall–Kier alpha value is -4.40. The molecule has 1 aromatic heterocycles. The van der Waals surface area contributed by atoms with Gasteiger partial charge in [-0.2, -0.15) is 0 Å². The Morgan fingerprint density at radius 1 is 0.806 bits per heavy atom. The standard InChI is InChI=1S/C27H27NO8/c1-31-22-13-18-17-7-5-6-8-20(17)36-21(18)14-19(22)28-25(29)15-35-26(30)10-9-16-11-23(32-2)27(34-4)24(12-16)33-3/h5-8,11-14H,9-10,15H2,1-4H3,(H,28,29). The number of hydrogen-bond acceptors (Lipinski definition) is 8. The molecule has 0 fully saturated rings. The van der Waals surface area contributed by atoms with Crippen molar-refractivity contribution in [1.82, 2.24) is 0 Å². The van der Waals surface area contributed by atoms with Crippen molar-refractivity contribution in [2.24, 2.45) is 0 Å². The first-order valence-corrected chi connectivity index (χ1v) is 11.2. The van der Waals surface area contributed by atoms with Crippen LogP contribution in [0.1, 0.15) is 12.0 Å². The lowest BCUT2D eigenvalue weighted by molar-refractivity contribution is -0.147. The average molecular weight is 494 g/mol. The summed E-state index contributed by atoms with van der Waals surface area (Å²) in [6.07, 6.45) is 0.438. The van der Waals surface area contributed by atoms with Crippen molar-refractivity contribution in [3.8, 4) is 23.0 Å². The van der Waals surface area contributed by atoms with E-state index in [0.29, 0.717) is 40.7 Å². The zero-order valence-corrected chi connectivity index (χ0v) is 20.5. The van der Waals surface area contributed by atoms with Crippen LogP contribution in [0.3, 0.4) is 0 Å². The molecule has 9 heteroatoms. The number of methoxy groups -OCH3 is 4. The third-order valence-electron chi connectivity index (χ3n) is 5.68. The lowest BCUT2D eigenvalue weighted by atomic mass is 10.1. The van der Waals surface area contributed by atoms with E-state index in [1.54, 1.807) is 24.3 Å². The second-order valence-electron chi connectivity index (χ2n) is 7.89. The van der Waals surface area contributed by atoms with Gasteiger partial charge in [0.2, 0.25) is 5.75 Å². The van der Waals surface area contributed by atoms with Crippen LogP contribution < -0.4 is 24.3 Å². The van der Waals surface area contributed by atoms with E-state index in [4.69, 9.17) is 28.1 Å². The Kier molecular flexibility index (Phi) is 7.48. The highest BCUT2D eigenvalue weighted by atomic mass is 16.5. The van der Waals surface area contributed by atoms with Gasteiger partial charge in [0.15, 0.2) is 18.1 Å². The van der Waals surface area contributed by atoms with E-state index in [1.165, 1.54) is 28.4 Å². The summed E-state index contributed by atoms with van der Waals surface area (Å²) in [6.45, 7) is -0.435. The summed E-state index contributed by atoms with van der Waals surface area (Å²) < 4.78 is 32.5. The summed E-state index contributed by atoms with van der Waals surface area (Å²) in [5.74, 6) is 0.920. The molecule has 1 N–H and O–H groups in total. The lowest BCUT2D eigenvalue weighted by Gasteiger charge is -2.14. The Bertz CT molecular complexity index is 1380. The topological polar surface area (TPSA) is 105 Å². The van der Waals surface area contributed by atoms with Crippen LogP contribution in [0.15, 0.2) is 52.9 Å². The van der Waals surface area contributed by atoms with Crippen molar-refractivity contribution in [1.29, 1.82) is 0 Å². The normalized spacial score (nSPS) is 10.8. The van der Waals surface area contributed by atoms with E-state index in [9.17, 15) is 9.59 Å². The Labute approximate surface area is 207 Å². The fraction of sp³-hybridized carbons (Fsp3) is 0.259. The largest absolute Gasteiger partial charge is 0.495 e. The third-order valence-corrected chi connectivity index (χ3v) is 5.68. The number of fused-ring (bicyclic) bond motifs is 3. The molecule has 0 aliphatic heterocycles. The number of aryl methyl sites for hydroxylation is 1. The second kappa shape index (κ2) is 10.9. The molecule has 0 atom stereocenters. The molecule has 0 radical (unpaired) electrons. The van der Waals surface area contributed by atoms with Gasteiger partial charge in [-0.05, 0) is 36.2 Å². The van der Waals surface area contributed by atoms with E-state index in [2.05, 4.69) is 5.32 Å². The van der Waals surface area contributed by atoms with Gasteiger partial charge in [0.05, 0.1) is 34.1 Å². The Balaban J connectivity index is 1.37. The molecule has 3 aromatic carbocycles. The molecule has 0 saturated heterocycles. The minimum absolute atomic E-state index is 0.0696. The first kappa shape index (κ1) is 24.7. The Morgan fingerprint density at radius 3 is 2.17 bits per heavy atom. The van der Waals surface area contributed by atoms with Gasteiger partial charge in [-0.15, -0.1) is 0 Å². The molecule has 4 aromatic rings. The van der Waals surface area contributed by atoms with Gasteiger partial charge in [-0.25, -0.2) is 0 Å². The maximum Gasteiger partial charge on any atom is 0.306 e. The van der Waals surface area contributed by atoms with Crippen LogP contribution in [0, 0.1) is 0 Å². The first-order chi connectivity index (χ1) is 17.5. The number of carbonyl (C=O) groups excluding carboxylic acids is 2. The van der Waals surface area contributed by atoms with Gasteiger partial charge >= 0.3 is 5.97 Å². The number of rotatable bonds is 10. The number of amides is 1. The maximum atomic E-state index is 12.5. The number of furan rings is 1. The second-order valence-corrected chi connectivity index (χ2v) is 7.89. The molecule has 0 bridgehead atoms. The zero-order valence-electron chi connectivity index (χ0n) is 20.5. The van der Waals surface area contributed by atoms with Gasteiger partial charge < -0.3 is 33.4 Å². The van der Waals surface area contributed by atoms with Crippen molar-refractivity contribution < 1.29 is 37.7 Å². The summed E-state index contributed by atoms with van der Waals surface area (Å²) in [7, 11) is 6.08. The molecular formula is C27H27NO8. The molecule has 4 rings (SSSR count). The summed E-state index contributed by atoms with van der Waals surface area (Å²) in [6, 6.07) is 14.7. The van der Waals surface area contributed by atoms with Crippen LogP contribution in [-0.2, 0) is 20.7 Å². The van der Waals surface area contributed by atoms with Crippen molar-refractivity contribution in [2.75, 3.05) is 40.4 Å². The number of ether oxygens (including phenoxy) is 5. The molecule has 0 saturated carbocycles. The minimum Gasteiger partial charge on any atom is -0.495 e. The molecule has 9 nitrogen and oxygen atoms in total. The van der Waals surface area contributed by atoms with Crippen LogP contribution in [0.2, 0.25) is 0 Å². The number of para-hydroxylation sites is 1. The fourth-order valence-corrected chi connectivity index (χ4v) is 3.95. The summed E-state index contributed by atoms with van der Waals surface area (Å²) in [5, 5.41) is 4.54. The predicted molar refractivity (Wildman–Crippen MR) is 134 cm³/mol. The van der Waals surface area contributed by atoms with E-state index in [0.717, 1.165) is 21.9 Å². The number of nitrogens with one attached hydrogen (secondary N) is 1. The number of hydrogen-bond donors (Lipinski definition) is 1. The van der Waals surface area contributed by atoms with Crippen molar-refractivity contribution in [3.63, 3.8) is 0 Å². The SMILES string of the molecule is COc1cc2c(cc1NC(=O)COC(=O)CCc1cc(OC)c(OC)c(OC)c1)oc1ccccc12. The van der Waals surface area contributed by atoms with Crippen molar-refractivity contribution in [2.45, 2.75) is 12.8 Å². The minimum atomic E-state index is -0.515. The predicted octanol–water partition coefficient (Wildman–Crippen LogP) is 4.73. The molecule has 1 amide bonds. The first-order valence-electron chi connectivity index (χ1n) is 11.2.